The van der Waals surface area contributed by atoms with Gasteiger partial charge in [-0.05, 0) is 12.1 Å². The van der Waals surface area contributed by atoms with Crippen molar-refractivity contribution in [2.45, 2.75) is 0 Å². The first-order valence-corrected chi connectivity index (χ1v) is 4.18. The van der Waals surface area contributed by atoms with E-state index >= 15 is 0 Å². The van der Waals surface area contributed by atoms with Gasteiger partial charge in [-0.1, -0.05) is 0 Å². The molecule has 0 radical (unpaired) electrons. The second-order valence-electron chi connectivity index (χ2n) is 2.69. The van der Waals surface area contributed by atoms with Crippen LogP contribution in [0.4, 0.5) is 0 Å². The Morgan fingerprint density at radius 1 is 0.944 bits per heavy atom. The molecule has 18 heavy (non-hydrogen) atoms. The fraction of sp³-hybridized carbons (Fsp3) is 0.300. The van der Waals surface area contributed by atoms with Crippen LogP contribution in [0.5, 0.6) is 17.2 Å². The molecule has 0 unspecified atom stereocenters. The summed E-state index contributed by atoms with van der Waals surface area (Å²) in [6.45, 7) is 0. The lowest BCUT2D eigenvalue weighted by atomic mass is 10.1. The molecule has 0 saturated carbocycles. The van der Waals surface area contributed by atoms with Gasteiger partial charge < -0.3 is 35.7 Å². The molecule has 7 N–H and O–H groups in total. The van der Waals surface area contributed by atoms with E-state index in [4.69, 9.17) is 19.3 Å². The zero-order valence-electron chi connectivity index (χ0n) is 10.2. The van der Waals surface area contributed by atoms with Gasteiger partial charge in [0.1, 0.15) is 5.56 Å². The molecular weight excluding hydrogens is 248 g/mol. The third-order valence-corrected chi connectivity index (χ3v) is 1.93. The number of methoxy groups -OCH3 is 3. The third kappa shape index (κ3) is 3.77. The Labute approximate surface area is 104 Å². The van der Waals surface area contributed by atoms with Crippen molar-refractivity contribution in [2.75, 3.05) is 21.3 Å². The standard InChI is InChI=1S/C10H12O5.3H2O/c1-13-7-5-4-6(10(11)12)8(14-2)9(7)15-3;;;/h4-5H,1-3H3,(H,11,12);3*1H2. The largest absolute Gasteiger partial charge is 0.493 e. The summed E-state index contributed by atoms with van der Waals surface area (Å²) in [6.07, 6.45) is 0. The molecule has 1 aromatic carbocycles. The quantitative estimate of drug-likeness (QED) is 0.733. The average Bonchev–Trinajstić information content (AvgIpc) is 2.26. The maximum atomic E-state index is 10.9. The highest BCUT2D eigenvalue weighted by molar-refractivity contribution is 5.92. The van der Waals surface area contributed by atoms with Gasteiger partial charge in [0, 0.05) is 0 Å². The van der Waals surface area contributed by atoms with Crippen molar-refractivity contribution in [3.05, 3.63) is 17.7 Å². The van der Waals surface area contributed by atoms with E-state index in [1.807, 2.05) is 0 Å². The number of benzene rings is 1. The molecule has 0 fully saturated rings. The first-order chi connectivity index (χ1) is 7.15. The van der Waals surface area contributed by atoms with Crippen LogP contribution in [0, 0.1) is 0 Å². The van der Waals surface area contributed by atoms with Gasteiger partial charge in [-0.25, -0.2) is 4.79 Å². The topological polar surface area (TPSA) is 159 Å². The summed E-state index contributed by atoms with van der Waals surface area (Å²) in [5.74, 6) is -0.212. The van der Waals surface area contributed by atoms with Gasteiger partial charge in [-0.2, -0.15) is 0 Å². The van der Waals surface area contributed by atoms with Crippen molar-refractivity contribution in [2.24, 2.45) is 0 Å². The minimum Gasteiger partial charge on any atom is -0.493 e. The molecule has 0 bridgehead atoms. The van der Waals surface area contributed by atoms with Gasteiger partial charge in [0.15, 0.2) is 11.5 Å². The fourth-order valence-corrected chi connectivity index (χ4v) is 1.27. The van der Waals surface area contributed by atoms with E-state index in [0.29, 0.717) is 5.75 Å². The Morgan fingerprint density at radius 2 is 1.44 bits per heavy atom. The predicted molar refractivity (Wildman–Crippen MR) is 63.9 cm³/mol. The molecule has 8 nitrogen and oxygen atoms in total. The minimum absolute atomic E-state index is 0. The van der Waals surface area contributed by atoms with Crippen LogP contribution in [-0.2, 0) is 0 Å². The Morgan fingerprint density at radius 3 is 1.78 bits per heavy atom. The molecule has 0 aliphatic heterocycles. The Bertz CT molecular complexity index is 376. The van der Waals surface area contributed by atoms with E-state index in [9.17, 15) is 4.79 Å². The van der Waals surface area contributed by atoms with Crippen LogP contribution in [-0.4, -0.2) is 48.8 Å². The van der Waals surface area contributed by atoms with Crippen molar-refractivity contribution >= 4 is 5.97 Å². The number of carboxylic acids is 1. The van der Waals surface area contributed by atoms with Crippen LogP contribution in [0.2, 0.25) is 0 Å². The molecule has 0 aliphatic carbocycles. The average molecular weight is 266 g/mol. The second kappa shape index (κ2) is 9.05. The minimum atomic E-state index is -1.08. The summed E-state index contributed by atoms with van der Waals surface area (Å²) in [6, 6.07) is 2.92. The summed E-state index contributed by atoms with van der Waals surface area (Å²) in [5.41, 5.74) is 0.0372. The molecule has 0 amide bonds. The van der Waals surface area contributed by atoms with E-state index < -0.39 is 5.97 Å². The zero-order chi connectivity index (χ0) is 11.4. The molecule has 1 aromatic rings. The van der Waals surface area contributed by atoms with E-state index in [1.165, 1.54) is 33.5 Å². The normalized spacial score (nSPS) is 7.94. The third-order valence-electron chi connectivity index (χ3n) is 1.93. The van der Waals surface area contributed by atoms with E-state index in [1.54, 1.807) is 0 Å². The summed E-state index contributed by atoms with van der Waals surface area (Å²) in [7, 11) is 4.27. The van der Waals surface area contributed by atoms with Crippen LogP contribution >= 0.6 is 0 Å². The van der Waals surface area contributed by atoms with Gasteiger partial charge in [0.25, 0.3) is 0 Å². The fourth-order valence-electron chi connectivity index (χ4n) is 1.27. The number of rotatable bonds is 4. The highest BCUT2D eigenvalue weighted by Gasteiger charge is 2.19. The van der Waals surface area contributed by atoms with Gasteiger partial charge in [0.05, 0.1) is 21.3 Å². The molecule has 8 heteroatoms. The summed E-state index contributed by atoms with van der Waals surface area (Å²) in [5, 5.41) is 8.90. The van der Waals surface area contributed by atoms with Crippen molar-refractivity contribution in [3.8, 4) is 17.2 Å². The van der Waals surface area contributed by atoms with Crippen LogP contribution in [0.3, 0.4) is 0 Å². The molecule has 106 valence electrons. The maximum absolute atomic E-state index is 10.9. The summed E-state index contributed by atoms with van der Waals surface area (Å²) in [4.78, 5) is 10.9. The number of carbonyl (C=O) groups is 1. The molecule has 0 atom stereocenters. The zero-order valence-corrected chi connectivity index (χ0v) is 10.2. The molecule has 0 spiro atoms. The lowest BCUT2D eigenvalue weighted by molar-refractivity contribution is 0.0692. The lowest BCUT2D eigenvalue weighted by Gasteiger charge is -2.13. The number of aromatic carboxylic acids is 1. The van der Waals surface area contributed by atoms with Crippen molar-refractivity contribution in [1.82, 2.24) is 0 Å². The Balaban J connectivity index is -0.000000750. The van der Waals surface area contributed by atoms with Gasteiger partial charge in [-0.3, -0.25) is 0 Å². The van der Waals surface area contributed by atoms with Crippen LogP contribution in [0.1, 0.15) is 10.4 Å². The van der Waals surface area contributed by atoms with Gasteiger partial charge in [0.2, 0.25) is 5.75 Å². The highest BCUT2D eigenvalue weighted by Crippen LogP contribution is 2.39. The second-order valence-corrected chi connectivity index (χ2v) is 2.69. The van der Waals surface area contributed by atoms with Crippen LogP contribution < -0.4 is 14.2 Å². The number of hydrogen-bond donors (Lipinski definition) is 1. The first kappa shape index (κ1) is 21.3. The number of hydrogen-bond acceptors (Lipinski definition) is 4. The molecule has 1 rings (SSSR count). The SMILES string of the molecule is COc1ccc(C(=O)O)c(OC)c1OC.O.O.O. The number of carboxylic acid groups (broad SMARTS) is 1. The van der Waals surface area contributed by atoms with E-state index in [0.717, 1.165) is 0 Å². The summed E-state index contributed by atoms with van der Waals surface area (Å²) < 4.78 is 15.0. The molecule has 0 saturated heterocycles. The van der Waals surface area contributed by atoms with Crippen LogP contribution in [0.25, 0.3) is 0 Å². The Hall–Kier alpha value is -2.03. The first-order valence-electron chi connectivity index (χ1n) is 4.18. The van der Waals surface area contributed by atoms with Crippen molar-refractivity contribution in [3.63, 3.8) is 0 Å². The van der Waals surface area contributed by atoms with Gasteiger partial charge in [-0.15, -0.1) is 0 Å². The van der Waals surface area contributed by atoms with E-state index in [-0.39, 0.29) is 33.5 Å². The molecular formula is C10H18O8. The monoisotopic (exact) mass is 266 g/mol. The smallest absolute Gasteiger partial charge is 0.339 e. The lowest BCUT2D eigenvalue weighted by Crippen LogP contribution is -2.03. The number of ether oxygens (including phenoxy) is 3. The van der Waals surface area contributed by atoms with E-state index in [2.05, 4.69) is 0 Å². The van der Waals surface area contributed by atoms with Crippen LogP contribution in [0.15, 0.2) is 12.1 Å². The molecule has 0 aromatic heterocycles. The maximum Gasteiger partial charge on any atom is 0.339 e. The molecule has 0 aliphatic rings. The highest BCUT2D eigenvalue weighted by atomic mass is 16.5. The predicted octanol–water partition coefficient (Wildman–Crippen LogP) is -1.06. The Kier molecular flexibility index (Phi) is 10.7. The summed E-state index contributed by atoms with van der Waals surface area (Å²) >= 11 is 0. The van der Waals surface area contributed by atoms with Gasteiger partial charge >= 0.3 is 5.97 Å². The van der Waals surface area contributed by atoms with Crippen molar-refractivity contribution in [1.29, 1.82) is 0 Å². The van der Waals surface area contributed by atoms with Crippen molar-refractivity contribution < 1.29 is 40.5 Å². The molecule has 0 heterocycles.